The molecule has 88 valence electrons. The zero-order chi connectivity index (χ0) is 11.2. The Morgan fingerprint density at radius 1 is 1.50 bits per heavy atom. The second-order valence-electron chi connectivity index (χ2n) is 4.08. The minimum atomic E-state index is 0.189. The van der Waals surface area contributed by atoms with E-state index in [1.807, 2.05) is 16.9 Å². The molecule has 0 aromatic carbocycles. The van der Waals surface area contributed by atoms with Crippen molar-refractivity contribution in [2.75, 3.05) is 19.6 Å². The van der Waals surface area contributed by atoms with Crippen LogP contribution in [0.2, 0.25) is 0 Å². The lowest BCUT2D eigenvalue weighted by Gasteiger charge is -2.21. The molecule has 0 spiro atoms. The first-order chi connectivity index (χ1) is 7.86. The number of carbonyl (C=O) groups is 1. The van der Waals surface area contributed by atoms with Crippen LogP contribution in [0.1, 0.15) is 12.8 Å². The largest absolute Gasteiger partial charge is 0.354 e. The van der Waals surface area contributed by atoms with Gasteiger partial charge in [-0.05, 0) is 32.0 Å². The number of hydrogen-bond acceptors (Lipinski definition) is 3. The van der Waals surface area contributed by atoms with Gasteiger partial charge in [-0.25, -0.2) is 0 Å². The maximum absolute atomic E-state index is 11.8. The van der Waals surface area contributed by atoms with E-state index < -0.39 is 0 Å². The molecule has 5 nitrogen and oxygen atoms in total. The molecular formula is C11H18N4O. The normalized spacial score (nSPS) is 17.2. The summed E-state index contributed by atoms with van der Waals surface area (Å²) in [5.74, 6) is 0.382. The van der Waals surface area contributed by atoms with Crippen molar-refractivity contribution in [2.24, 2.45) is 5.92 Å². The second kappa shape index (κ2) is 5.65. The number of nitrogens with zero attached hydrogens (tertiary/aromatic N) is 2. The molecule has 1 aromatic heterocycles. The summed E-state index contributed by atoms with van der Waals surface area (Å²) in [5, 5.41) is 10.3. The molecule has 5 heteroatoms. The van der Waals surface area contributed by atoms with E-state index >= 15 is 0 Å². The highest BCUT2D eigenvalue weighted by Crippen LogP contribution is 2.10. The number of nitrogens with one attached hydrogen (secondary N) is 2. The Labute approximate surface area is 95.2 Å². The highest BCUT2D eigenvalue weighted by Gasteiger charge is 2.19. The first-order valence-corrected chi connectivity index (χ1v) is 5.82. The average molecular weight is 222 g/mol. The molecule has 1 fully saturated rings. The van der Waals surface area contributed by atoms with Crippen molar-refractivity contribution >= 4 is 5.91 Å². The van der Waals surface area contributed by atoms with E-state index in [9.17, 15) is 4.79 Å². The Bertz CT molecular complexity index is 317. The summed E-state index contributed by atoms with van der Waals surface area (Å²) in [7, 11) is 0. The number of piperidine rings is 1. The highest BCUT2D eigenvalue weighted by atomic mass is 16.1. The van der Waals surface area contributed by atoms with Gasteiger partial charge in [0.25, 0.3) is 0 Å². The minimum absolute atomic E-state index is 0.189. The van der Waals surface area contributed by atoms with Crippen molar-refractivity contribution in [3.63, 3.8) is 0 Å². The predicted octanol–water partition coefficient (Wildman–Crippen LogP) is -0.00110. The second-order valence-corrected chi connectivity index (χ2v) is 4.08. The molecule has 1 aromatic rings. The quantitative estimate of drug-likeness (QED) is 0.754. The average Bonchev–Trinajstić information content (AvgIpc) is 2.83. The molecule has 1 aliphatic rings. The zero-order valence-corrected chi connectivity index (χ0v) is 9.35. The van der Waals surface area contributed by atoms with Gasteiger partial charge in [0.05, 0.1) is 6.54 Å². The lowest BCUT2D eigenvalue weighted by molar-refractivity contribution is -0.125. The summed E-state index contributed by atoms with van der Waals surface area (Å²) in [4.78, 5) is 11.8. The SMILES string of the molecule is O=C(NCCn1cccn1)C1CCNCC1. The van der Waals surface area contributed by atoms with Crippen LogP contribution in [-0.4, -0.2) is 35.3 Å². The van der Waals surface area contributed by atoms with Crippen LogP contribution in [0, 0.1) is 5.92 Å². The highest BCUT2D eigenvalue weighted by molar-refractivity contribution is 5.78. The first kappa shape index (κ1) is 11.1. The Balaban J connectivity index is 1.67. The van der Waals surface area contributed by atoms with Gasteiger partial charge in [-0.15, -0.1) is 0 Å². The molecule has 1 saturated heterocycles. The van der Waals surface area contributed by atoms with Gasteiger partial charge in [0.2, 0.25) is 5.91 Å². The zero-order valence-electron chi connectivity index (χ0n) is 9.35. The van der Waals surface area contributed by atoms with Gasteiger partial charge in [0.1, 0.15) is 0 Å². The molecular weight excluding hydrogens is 204 g/mol. The summed E-state index contributed by atoms with van der Waals surface area (Å²) in [5.41, 5.74) is 0. The number of rotatable bonds is 4. The van der Waals surface area contributed by atoms with E-state index in [1.54, 1.807) is 6.20 Å². The van der Waals surface area contributed by atoms with Gasteiger partial charge in [0.15, 0.2) is 0 Å². The van der Waals surface area contributed by atoms with E-state index in [-0.39, 0.29) is 11.8 Å². The molecule has 16 heavy (non-hydrogen) atoms. The van der Waals surface area contributed by atoms with Crippen molar-refractivity contribution in [1.29, 1.82) is 0 Å². The molecule has 0 saturated carbocycles. The molecule has 2 heterocycles. The van der Waals surface area contributed by atoms with E-state index in [2.05, 4.69) is 15.7 Å². The van der Waals surface area contributed by atoms with Gasteiger partial charge >= 0.3 is 0 Å². The monoisotopic (exact) mass is 222 g/mol. The minimum Gasteiger partial charge on any atom is -0.354 e. The summed E-state index contributed by atoms with van der Waals surface area (Å²) < 4.78 is 1.82. The van der Waals surface area contributed by atoms with E-state index in [1.165, 1.54) is 0 Å². The van der Waals surface area contributed by atoms with E-state index in [0.717, 1.165) is 32.5 Å². The smallest absolute Gasteiger partial charge is 0.223 e. The van der Waals surface area contributed by atoms with E-state index in [4.69, 9.17) is 0 Å². The third-order valence-corrected chi connectivity index (χ3v) is 2.91. The summed E-state index contributed by atoms with van der Waals surface area (Å²) in [6.07, 6.45) is 5.55. The fourth-order valence-electron chi connectivity index (χ4n) is 1.95. The topological polar surface area (TPSA) is 59.0 Å². The van der Waals surface area contributed by atoms with E-state index in [0.29, 0.717) is 6.54 Å². The van der Waals surface area contributed by atoms with Crippen molar-refractivity contribution in [3.05, 3.63) is 18.5 Å². The van der Waals surface area contributed by atoms with Crippen LogP contribution in [0.15, 0.2) is 18.5 Å². The summed E-state index contributed by atoms with van der Waals surface area (Å²) >= 11 is 0. The number of hydrogen-bond donors (Lipinski definition) is 2. The molecule has 0 radical (unpaired) electrons. The van der Waals surface area contributed by atoms with Crippen molar-refractivity contribution in [2.45, 2.75) is 19.4 Å². The van der Waals surface area contributed by atoms with Gasteiger partial charge in [-0.1, -0.05) is 0 Å². The van der Waals surface area contributed by atoms with Crippen LogP contribution in [0.3, 0.4) is 0 Å². The molecule has 0 bridgehead atoms. The summed E-state index contributed by atoms with van der Waals surface area (Å²) in [6.45, 7) is 3.31. The van der Waals surface area contributed by atoms with Gasteiger partial charge < -0.3 is 10.6 Å². The van der Waals surface area contributed by atoms with Gasteiger partial charge in [-0.3, -0.25) is 9.48 Å². The molecule has 1 amide bonds. The molecule has 0 atom stereocenters. The lowest BCUT2D eigenvalue weighted by Crippen LogP contribution is -2.39. The van der Waals surface area contributed by atoms with Crippen LogP contribution < -0.4 is 10.6 Å². The summed E-state index contributed by atoms with van der Waals surface area (Å²) in [6, 6.07) is 1.88. The molecule has 0 aliphatic carbocycles. The van der Waals surface area contributed by atoms with Crippen molar-refractivity contribution in [1.82, 2.24) is 20.4 Å². The molecule has 2 rings (SSSR count). The standard InChI is InChI=1S/C11H18N4O/c16-11(10-2-5-12-6-3-10)13-7-9-15-8-1-4-14-15/h1,4,8,10,12H,2-3,5-7,9H2,(H,13,16). The third kappa shape index (κ3) is 3.06. The van der Waals surface area contributed by atoms with Crippen LogP contribution in [-0.2, 0) is 11.3 Å². The van der Waals surface area contributed by atoms with Crippen molar-refractivity contribution < 1.29 is 4.79 Å². The van der Waals surface area contributed by atoms with Gasteiger partial charge in [0, 0.05) is 24.9 Å². The fourth-order valence-corrected chi connectivity index (χ4v) is 1.95. The van der Waals surface area contributed by atoms with Crippen LogP contribution in [0.5, 0.6) is 0 Å². The Kier molecular flexibility index (Phi) is 3.93. The number of carbonyl (C=O) groups excluding carboxylic acids is 1. The Hall–Kier alpha value is -1.36. The van der Waals surface area contributed by atoms with Gasteiger partial charge in [-0.2, -0.15) is 5.10 Å². The molecule has 0 unspecified atom stereocenters. The Morgan fingerprint density at radius 3 is 3.00 bits per heavy atom. The maximum Gasteiger partial charge on any atom is 0.223 e. The fraction of sp³-hybridized carbons (Fsp3) is 0.636. The number of amides is 1. The predicted molar refractivity (Wildman–Crippen MR) is 60.8 cm³/mol. The first-order valence-electron chi connectivity index (χ1n) is 5.82. The lowest BCUT2D eigenvalue weighted by atomic mass is 9.97. The third-order valence-electron chi connectivity index (χ3n) is 2.91. The molecule has 1 aliphatic heterocycles. The number of aromatic nitrogens is 2. The van der Waals surface area contributed by atoms with Crippen molar-refractivity contribution in [3.8, 4) is 0 Å². The molecule has 2 N–H and O–H groups in total. The van der Waals surface area contributed by atoms with Crippen LogP contribution >= 0.6 is 0 Å². The Morgan fingerprint density at radius 2 is 2.31 bits per heavy atom. The van der Waals surface area contributed by atoms with Crippen LogP contribution in [0.25, 0.3) is 0 Å². The van der Waals surface area contributed by atoms with Crippen LogP contribution in [0.4, 0.5) is 0 Å². The maximum atomic E-state index is 11.8.